The van der Waals surface area contributed by atoms with Gasteiger partial charge in [0.15, 0.2) is 0 Å². The first kappa shape index (κ1) is 17.2. The van der Waals surface area contributed by atoms with Crippen molar-refractivity contribution in [2.45, 2.75) is 26.2 Å². The number of nitrogens with one attached hydrogen (secondary N) is 1. The Kier molecular flexibility index (Phi) is 4.39. The van der Waals surface area contributed by atoms with Gasteiger partial charge < -0.3 is 5.11 Å². The zero-order valence-electron chi connectivity index (χ0n) is 14.2. The number of hydrogen-bond donors (Lipinski definition) is 2. The van der Waals surface area contributed by atoms with E-state index >= 15 is 0 Å². The third-order valence-corrected chi connectivity index (χ3v) is 4.64. The van der Waals surface area contributed by atoms with Gasteiger partial charge in [0.1, 0.15) is 5.75 Å². The van der Waals surface area contributed by atoms with Gasteiger partial charge in [0.2, 0.25) is 0 Å². The highest BCUT2D eigenvalue weighted by Crippen LogP contribution is 2.34. The maximum Gasteiger partial charge on any atom is 0.290 e. The summed E-state index contributed by atoms with van der Waals surface area (Å²) in [6, 6.07) is 9.14. The molecule has 2 N–H and O–H groups in total. The van der Waals surface area contributed by atoms with Gasteiger partial charge in [-0.2, -0.15) is 0 Å². The third-order valence-electron chi connectivity index (χ3n) is 3.83. The first-order valence-corrected chi connectivity index (χ1v) is 8.60. The number of phenolic OH excluding ortho intramolecular Hbond substituents is 1. The summed E-state index contributed by atoms with van der Waals surface area (Å²) in [6.45, 7) is 6.13. The number of amides is 2. The van der Waals surface area contributed by atoms with Crippen LogP contribution in [0.2, 0.25) is 0 Å². The zero-order chi connectivity index (χ0) is 18.2. The maximum atomic E-state index is 11.6. The van der Waals surface area contributed by atoms with Crippen LogP contribution in [0, 0.1) is 0 Å². The summed E-state index contributed by atoms with van der Waals surface area (Å²) in [5, 5.41) is 11.9. The summed E-state index contributed by atoms with van der Waals surface area (Å²) in [7, 11) is 0. The van der Waals surface area contributed by atoms with E-state index in [1.807, 2.05) is 45.0 Å². The highest BCUT2D eigenvalue weighted by atomic mass is 32.2. The number of hydrogen-bond acceptors (Lipinski definition) is 5. The topological polar surface area (TPSA) is 79.3 Å². The highest BCUT2D eigenvalue weighted by molar-refractivity contribution is 8.18. The fourth-order valence-electron chi connectivity index (χ4n) is 2.53. The minimum Gasteiger partial charge on any atom is -0.508 e. The summed E-state index contributed by atoms with van der Waals surface area (Å²) in [6.07, 6.45) is 3.29. The van der Waals surface area contributed by atoms with Gasteiger partial charge in [0.25, 0.3) is 11.1 Å². The van der Waals surface area contributed by atoms with Crippen LogP contribution in [0.1, 0.15) is 31.9 Å². The first-order valence-electron chi connectivity index (χ1n) is 7.79. The SMILES string of the molecule is CC(C)(C)c1cc(-c2ccc(/C=C3\SC(=O)NC3=O)cn2)ccc1O. The molecule has 0 spiro atoms. The van der Waals surface area contributed by atoms with Crippen molar-refractivity contribution in [3.8, 4) is 17.0 Å². The number of benzene rings is 1. The number of imide groups is 1. The Morgan fingerprint density at radius 2 is 1.92 bits per heavy atom. The van der Waals surface area contributed by atoms with E-state index in [1.165, 1.54) is 0 Å². The maximum absolute atomic E-state index is 11.6. The van der Waals surface area contributed by atoms with Crippen LogP contribution in [0.25, 0.3) is 17.3 Å². The van der Waals surface area contributed by atoms with Crippen molar-refractivity contribution < 1.29 is 14.7 Å². The molecule has 0 saturated carbocycles. The predicted molar refractivity (Wildman–Crippen MR) is 99.1 cm³/mol. The quantitative estimate of drug-likeness (QED) is 0.795. The Morgan fingerprint density at radius 3 is 2.48 bits per heavy atom. The molecule has 2 amide bonds. The zero-order valence-corrected chi connectivity index (χ0v) is 15.0. The van der Waals surface area contributed by atoms with Gasteiger partial charge >= 0.3 is 0 Å². The second-order valence-electron chi connectivity index (χ2n) is 6.81. The van der Waals surface area contributed by atoms with Crippen LogP contribution in [0.4, 0.5) is 4.79 Å². The summed E-state index contributed by atoms with van der Waals surface area (Å²) < 4.78 is 0. The van der Waals surface area contributed by atoms with E-state index in [-0.39, 0.29) is 22.3 Å². The van der Waals surface area contributed by atoms with Gasteiger partial charge in [-0.25, -0.2) is 0 Å². The van der Waals surface area contributed by atoms with Crippen LogP contribution in [0.15, 0.2) is 41.4 Å². The van der Waals surface area contributed by atoms with Crippen molar-refractivity contribution in [2.24, 2.45) is 0 Å². The highest BCUT2D eigenvalue weighted by Gasteiger charge is 2.25. The lowest BCUT2D eigenvalue weighted by Crippen LogP contribution is -2.17. The van der Waals surface area contributed by atoms with Crippen molar-refractivity contribution in [3.05, 3.63) is 52.6 Å². The van der Waals surface area contributed by atoms with Crippen molar-refractivity contribution in [1.82, 2.24) is 10.3 Å². The lowest BCUT2D eigenvalue weighted by atomic mass is 9.85. The standard InChI is InChI=1S/C19H18N2O3S/c1-19(2,3)13-9-12(5-7-15(13)22)14-6-4-11(10-20-14)8-16-17(23)21-18(24)25-16/h4-10,22H,1-3H3,(H,21,23,24)/b16-8-. The van der Waals surface area contributed by atoms with Gasteiger partial charge in [-0.3, -0.25) is 19.9 Å². The Morgan fingerprint density at radius 1 is 1.16 bits per heavy atom. The smallest absolute Gasteiger partial charge is 0.290 e. The number of carbonyl (C=O) groups is 2. The molecule has 6 heteroatoms. The summed E-state index contributed by atoms with van der Waals surface area (Å²) in [4.78, 5) is 27.6. The number of carbonyl (C=O) groups excluding carboxylic acids is 2. The number of aromatic hydroxyl groups is 1. The molecule has 0 bridgehead atoms. The molecule has 25 heavy (non-hydrogen) atoms. The third kappa shape index (κ3) is 3.74. The number of nitrogens with zero attached hydrogens (tertiary/aromatic N) is 1. The van der Waals surface area contributed by atoms with Gasteiger partial charge in [-0.15, -0.1) is 0 Å². The van der Waals surface area contributed by atoms with Crippen molar-refractivity contribution in [2.75, 3.05) is 0 Å². The predicted octanol–water partition coefficient (Wildman–Crippen LogP) is 4.08. The normalized spacial score (nSPS) is 16.4. The van der Waals surface area contributed by atoms with Crippen LogP contribution >= 0.6 is 11.8 Å². The van der Waals surface area contributed by atoms with Crippen LogP contribution in [0.3, 0.4) is 0 Å². The lowest BCUT2D eigenvalue weighted by molar-refractivity contribution is -0.115. The molecule has 2 aromatic rings. The Labute approximate surface area is 150 Å². The summed E-state index contributed by atoms with van der Waals surface area (Å²) >= 11 is 0.881. The molecule has 1 aliphatic rings. The number of pyridine rings is 1. The Balaban J connectivity index is 1.90. The van der Waals surface area contributed by atoms with E-state index in [2.05, 4.69) is 10.3 Å². The van der Waals surface area contributed by atoms with Gasteiger partial charge in [-0.05, 0) is 58.6 Å². The van der Waals surface area contributed by atoms with Crippen molar-refractivity contribution >= 4 is 29.0 Å². The molecule has 1 aromatic heterocycles. The average Bonchev–Trinajstić information content (AvgIpc) is 2.85. The molecule has 0 radical (unpaired) electrons. The summed E-state index contributed by atoms with van der Waals surface area (Å²) in [5.41, 5.74) is 3.10. The molecule has 0 unspecified atom stereocenters. The molecule has 0 aliphatic carbocycles. The van der Waals surface area contributed by atoms with Gasteiger partial charge in [-0.1, -0.05) is 26.8 Å². The second-order valence-corrected chi connectivity index (χ2v) is 7.83. The molecular weight excluding hydrogens is 336 g/mol. The van der Waals surface area contributed by atoms with E-state index in [4.69, 9.17) is 0 Å². The van der Waals surface area contributed by atoms with Crippen LogP contribution in [-0.4, -0.2) is 21.2 Å². The number of rotatable bonds is 2. The minimum atomic E-state index is -0.382. The molecule has 1 saturated heterocycles. The molecular formula is C19H18N2O3S. The van der Waals surface area contributed by atoms with Crippen LogP contribution < -0.4 is 5.32 Å². The monoisotopic (exact) mass is 354 g/mol. The molecule has 3 rings (SSSR count). The Hall–Kier alpha value is -2.60. The summed E-state index contributed by atoms with van der Waals surface area (Å²) in [5.74, 6) is -0.112. The molecule has 1 aromatic carbocycles. The molecule has 0 atom stereocenters. The number of thioether (sulfide) groups is 1. The van der Waals surface area contributed by atoms with E-state index < -0.39 is 0 Å². The molecule has 2 heterocycles. The molecule has 5 nitrogen and oxygen atoms in total. The van der Waals surface area contributed by atoms with E-state index in [0.717, 1.165) is 34.1 Å². The fraction of sp³-hybridized carbons (Fsp3) is 0.211. The fourth-order valence-corrected chi connectivity index (χ4v) is 3.21. The van der Waals surface area contributed by atoms with Crippen molar-refractivity contribution in [1.29, 1.82) is 0 Å². The molecule has 128 valence electrons. The number of aromatic nitrogens is 1. The van der Waals surface area contributed by atoms with E-state index in [1.54, 1.807) is 18.3 Å². The number of phenols is 1. The van der Waals surface area contributed by atoms with E-state index in [0.29, 0.717) is 4.91 Å². The van der Waals surface area contributed by atoms with E-state index in [9.17, 15) is 14.7 Å². The minimum absolute atomic E-state index is 0.177. The van der Waals surface area contributed by atoms with Crippen LogP contribution in [-0.2, 0) is 10.2 Å². The molecule has 1 fully saturated rings. The van der Waals surface area contributed by atoms with Crippen LogP contribution in [0.5, 0.6) is 5.75 Å². The molecule has 1 aliphatic heterocycles. The first-order chi connectivity index (χ1) is 11.7. The lowest BCUT2D eigenvalue weighted by Gasteiger charge is -2.21. The second kappa shape index (κ2) is 6.37. The van der Waals surface area contributed by atoms with Crippen molar-refractivity contribution in [3.63, 3.8) is 0 Å². The van der Waals surface area contributed by atoms with Gasteiger partial charge in [0, 0.05) is 11.8 Å². The Bertz CT molecular complexity index is 881. The van der Waals surface area contributed by atoms with Gasteiger partial charge in [0.05, 0.1) is 10.6 Å². The average molecular weight is 354 g/mol. The largest absolute Gasteiger partial charge is 0.508 e.